The summed E-state index contributed by atoms with van der Waals surface area (Å²) in [6.45, 7) is 2.34. The molecule has 1 heterocycles. The molecule has 0 aliphatic heterocycles. The van der Waals surface area contributed by atoms with Crippen LogP contribution in [0.4, 0.5) is 4.39 Å². The highest BCUT2D eigenvalue weighted by Gasteiger charge is 2.16. The summed E-state index contributed by atoms with van der Waals surface area (Å²) in [5.74, 6) is 0.328. The van der Waals surface area contributed by atoms with Gasteiger partial charge < -0.3 is 4.57 Å². The van der Waals surface area contributed by atoms with E-state index in [4.69, 9.17) is 23.2 Å². The monoisotopic (exact) mass is 322 g/mol. The topological polar surface area (TPSA) is 34.9 Å². The number of aromatic nitrogens is 2. The van der Waals surface area contributed by atoms with Crippen LogP contribution < -0.4 is 0 Å². The van der Waals surface area contributed by atoms with Crippen molar-refractivity contribution in [1.82, 2.24) is 9.55 Å². The number of hydrogen-bond donors (Lipinski definition) is 0. The highest BCUT2D eigenvalue weighted by molar-refractivity contribution is 7.84. The molecule has 7 heteroatoms. The third-order valence-corrected chi connectivity index (χ3v) is 4.81. The number of imidazole rings is 1. The molecule has 19 heavy (non-hydrogen) atoms. The molecule has 0 bridgehead atoms. The predicted octanol–water partition coefficient (Wildman–Crippen LogP) is 3.33. The van der Waals surface area contributed by atoms with Crippen molar-refractivity contribution in [3.05, 3.63) is 28.8 Å². The largest absolute Gasteiger partial charge is 0.326 e. The standard InChI is InChI=1S/C12H13Cl2FN2OS/c1-7(19(2)18)6-17-11-4-9(15)8(14)3-10(11)16-12(17)5-13/h3-4,7H,5-6H2,1-2H3. The minimum absolute atomic E-state index is 0.0328. The van der Waals surface area contributed by atoms with Crippen LogP contribution in [0.3, 0.4) is 0 Å². The maximum absolute atomic E-state index is 13.6. The van der Waals surface area contributed by atoms with E-state index >= 15 is 0 Å². The van der Waals surface area contributed by atoms with Gasteiger partial charge >= 0.3 is 0 Å². The van der Waals surface area contributed by atoms with Crippen molar-refractivity contribution in [2.24, 2.45) is 0 Å². The normalized spacial score (nSPS) is 14.8. The summed E-state index contributed by atoms with van der Waals surface area (Å²) in [4.78, 5) is 4.33. The Hall–Kier alpha value is -0.650. The van der Waals surface area contributed by atoms with Gasteiger partial charge in [-0.1, -0.05) is 11.6 Å². The molecule has 0 aliphatic rings. The lowest BCUT2D eigenvalue weighted by Crippen LogP contribution is -2.18. The lowest BCUT2D eigenvalue weighted by Gasteiger charge is -2.12. The molecule has 0 aliphatic carbocycles. The molecule has 2 unspecified atom stereocenters. The van der Waals surface area contributed by atoms with Crippen molar-refractivity contribution in [3.63, 3.8) is 0 Å². The summed E-state index contributed by atoms with van der Waals surface area (Å²) in [5.41, 5.74) is 1.21. The quantitative estimate of drug-likeness (QED) is 0.809. The van der Waals surface area contributed by atoms with Crippen molar-refractivity contribution < 1.29 is 8.60 Å². The third kappa shape index (κ3) is 2.93. The Kier molecular flexibility index (Phi) is 4.48. The molecule has 1 aromatic carbocycles. The van der Waals surface area contributed by atoms with Crippen LogP contribution in [0.5, 0.6) is 0 Å². The Labute approximate surface area is 123 Å². The first-order valence-corrected chi connectivity index (χ1v) is 8.19. The molecule has 0 radical (unpaired) electrons. The van der Waals surface area contributed by atoms with Gasteiger partial charge in [0.2, 0.25) is 0 Å². The molecule has 2 aromatic rings. The molecule has 0 saturated carbocycles. The van der Waals surface area contributed by atoms with Crippen molar-refractivity contribution in [2.75, 3.05) is 6.26 Å². The molecule has 3 nitrogen and oxygen atoms in total. The maximum atomic E-state index is 13.6. The summed E-state index contributed by atoms with van der Waals surface area (Å²) in [5, 5.41) is -0.0384. The van der Waals surface area contributed by atoms with Gasteiger partial charge in [0.1, 0.15) is 11.6 Å². The second-order valence-corrected chi connectivity index (χ2v) is 6.81. The van der Waals surface area contributed by atoms with Gasteiger partial charge in [-0.15, -0.1) is 11.6 Å². The zero-order valence-corrected chi connectivity index (χ0v) is 12.8. The van der Waals surface area contributed by atoms with Gasteiger partial charge in [0.25, 0.3) is 0 Å². The Bertz CT molecular complexity index is 644. The van der Waals surface area contributed by atoms with Crippen LogP contribution in [0.2, 0.25) is 5.02 Å². The van der Waals surface area contributed by atoms with Crippen LogP contribution in [-0.2, 0) is 23.2 Å². The van der Waals surface area contributed by atoms with Crippen LogP contribution in [0, 0.1) is 5.82 Å². The van der Waals surface area contributed by atoms with Crippen molar-refractivity contribution in [3.8, 4) is 0 Å². The van der Waals surface area contributed by atoms with E-state index in [0.29, 0.717) is 23.4 Å². The van der Waals surface area contributed by atoms with Crippen LogP contribution in [0.15, 0.2) is 12.1 Å². The second kappa shape index (κ2) is 5.77. The fourth-order valence-corrected chi connectivity index (χ4v) is 2.56. The molecular weight excluding hydrogens is 310 g/mol. The number of benzene rings is 1. The zero-order valence-electron chi connectivity index (χ0n) is 10.5. The smallest absolute Gasteiger partial charge is 0.144 e. The predicted molar refractivity (Wildman–Crippen MR) is 77.8 cm³/mol. The number of alkyl halides is 1. The minimum Gasteiger partial charge on any atom is -0.326 e. The first-order chi connectivity index (χ1) is 8.93. The van der Waals surface area contributed by atoms with E-state index in [1.165, 1.54) is 12.1 Å². The van der Waals surface area contributed by atoms with Crippen LogP contribution in [0.1, 0.15) is 12.7 Å². The van der Waals surface area contributed by atoms with E-state index in [0.717, 1.165) is 0 Å². The number of nitrogens with zero attached hydrogens (tertiary/aromatic N) is 2. The van der Waals surface area contributed by atoms with E-state index in [1.807, 2.05) is 6.92 Å². The van der Waals surface area contributed by atoms with E-state index in [1.54, 1.807) is 10.8 Å². The Morgan fingerprint density at radius 3 is 2.79 bits per heavy atom. The Balaban J connectivity index is 2.56. The fraction of sp³-hybridized carbons (Fsp3) is 0.417. The van der Waals surface area contributed by atoms with Gasteiger partial charge in [-0.05, 0) is 13.0 Å². The Morgan fingerprint density at radius 1 is 1.53 bits per heavy atom. The average Bonchev–Trinajstić information content (AvgIpc) is 2.67. The minimum atomic E-state index is -0.969. The summed E-state index contributed by atoms with van der Waals surface area (Å²) in [6, 6.07) is 2.82. The number of hydrogen-bond acceptors (Lipinski definition) is 2. The van der Waals surface area contributed by atoms with E-state index < -0.39 is 16.6 Å². The SMILES string of the molecule is CC(Cn1c(CCl)nc2cc(Cl)c(F)cc21)S(C)=O. The number of rotatable bonds is 4. The molecule has 0 amide bonds. The van der Waals surface area contributed by atoms with E-state index in [-0.39, 0.29) is 16.2 Å². The molecule has 0 saturated heterocycles. The molecule has 2 rings (SSSR count). The van der Waals surface area contributed by atoms with Crippen LogP contribution in [-0.4, -0.2) is 25.3 Å². The number of halogens is 3. The molecular formula is C12H13Cl2FN2OS. The molecule has 0 spiro atoms. The second-order valence-electron chi connectivity index (χ2n) is 4.34. The lowest BCUT2D eigenvalue weighted by atomic mass is 10.3. The first kappa shape index (κ1) is 14.8. The van der Waals surface area contributed by atoms with Crippen LogP contribution >= 0.6 is 23.2 Å². The van der Waals surface area contributed by atoms with Crippen molar-refractivity contribution >= 4 is 45.0 Å². The fourth-order valence-electron chi connectivity index (χ4n) is 1.84. The Morgan fingerprint density at radius 2 is 2.21 bits per heavy atom. The van der Waals surface area contributed by atoms with E-state index in [9.17, 15) is 8.60 Å². The summed E-state index contributed by atoms with van der Waals surface area (Å²) >= 11 is 11.6. The molecule has 104 valence electrons. The molecule has 2 atom stereocenters. The van der Waals surface area contributed by atoms with Gasteiger partial charge in [-0.2, -0.15) is 0 Å². The molecule has 1 aromatic heterocycles. The highest BCUT2D eigenvalue weighted by Crippen LogP contribution is 2.25. The van der Waals surface area contributed by atoms with Gasteiger partial charge in [-0.3, -0.25) is 4.21 Å². The van der Waals surface area contributed by atoms with Gasteiger partial charge in [0.05, 0.1) is 21.9 Å². The van der Waals surface area contributed by atoms with Crippen LogP contribution in [0.25, 0.3) is 11.0 Å². The lowest BCUT2D eigenvalue weighted by molar-refractivity contribution is 0.624. The van der Waals surface area contributed by atoms with Gasteiger partial charge in [-0.25, -0.2) is 9.37 Å². The first-order valence-electron chi connectivity index (χ1n) is 5.66. The molecule has 0 fully saturated rings. The average molecular weight is 323 g/mol. The maximum Gasteiger partial charge on any atom is 0.144 e. The third-order valence-electron chi connectivity index (χ3n) is 3.00. The number of fused-ring (bicyclic) bond motifs is 1. The van der Waals surface area contributed by atoms with Gasteiger partial charge in [0.15, 0.2) is 0 Å². The summed E-state index contributed by atoms with van der Waals surface area (Å²) in [6.07, 6.45) is 1.64. The highest BCUT2D eigenvalue weighted by atomic mass is 35.5. The van der Waals surface area contributed by atoms with Crippen molar-refractivity contribution in [1.29, 1.82) is 0 Å². The van der Waals surface area contributed by atoms with E-state index in [2.05, 4.69) is 4.98 Å². The summed E-state index contributed by atoms with van der Waals surface area (Å²) < 4.78 is 26.8. The molecule has 0 N–H and O–H groups in total. The summed E-state index contributed by atoms with van der Waals surface area (Å²) in [7, 11) is -0.969. The van der Waals surface area contributed by atoms with Gasteiger partial charge in [0, 0.05) is 34.9 Å². The van der Waals surface area contributed by atoms with Crippen molar-refractivity contribution in [2.45, 2.75) is 24.6 Å². The zero-order chi connectivity index (χ0) is 14.2.